The summed E-state index contributed by atoms with van der Waals surface area (Å²) in [6.07, 6.45) is 0.0592. The molecule has 1 N–H and O–H groups in total. The third-order valence-electron chi connectivity index (χ3n) is 4.16. The van der Waals surface area contributed by atoms with E-state index in [9.17, 15) is 9.18 Å². The van der Waals surface area contributed by atoms with Crippen molar-refractivity contribution in [2.45, 2.75) is 40.3 Å². The normalized spacial score (nSPS) is 11.2. The van der Waals surface area contributed by atoms with Crippen molar-refractivity contribution < 1.29 is 19.0 Å². The van der Waals surface area contributed by atoms with Gasteiger partial charge in [0.2, 0.25) is 0 Å². The van der Waals surface area contributed by atoms with Crippen LogP contribution in [0, 0.1) is 18.7 Å². The molecular formula is C22H28FNO3. The highest BCUT2D eigenvalue weighted by Gasteiger charge is 2.11. The lowest BCUT2D eigenvalue weighted by Gasteiger charge is -2.22. The van der Waals surface area contributed by atoms with Crippen molar-refractivity contribution in [3.8, 4) is 5.75 Å². The monoisotopic (exact) mass is 373 g/mol. The zero-order chi connectivity index (χ0) is 19.8. The summed E-state index contributed by atoms with van der Waals surface area (Å²) in [5.41, 5.74) is 2.61. The van der Waals surface area contributed by atoms with Crippen LogP contribution in [0.25, 0.3) is 0 Å². The first-order valence-corrected chi connectivity index (χ1v) is 9.24. The van der Waals surface area contributed by atoms with Gasteiger partial charge in [0.15, 0.2) is 0 Å². The Morgan fingerprint density at radius 1 is 1.15 bits per heavy atom. The maximum Gasteiger partial charge on any atom is 0.304 e. The van der Waals surface area contributed by atoms with Gasteiger partial charge in [0.25, 0.3) is 0 Å². The van der Waals surface area contributed by atoms with Crippen LogP contribution >= 0.6 is 0 Å². The van der Waals surface area contributed by atoms with E-state index in [0.29, 0.717) is 37.7 Å². The lowest BCUT2D eigenvalue weighted by molar-refractivity contribution is -0.137. The summed E-state index contributed by atoms with van der Waals surface area (Å²) in [6.45, 7) is 8.16. The molecule has 5 heteroatoms. The van der Waals surface area contributed by atoms with Gasteiger partial charge in [-0.25, -0.2) is 4.39 Å². The molecular weight excluding hydrogens is 345 g/mol. The van der Waals surface area contributed by atoms with Gasteiger partial charge in [-0.05, 0) is 47.7 Å². The van der Waals surface area contributed by atoms with Crippen LogP contribution in [-0.4, -0.2) is 29.1 Å². The summed E-state index contributed by atoms with van der Waals surface area (Å²) < 4.78 is 19.3. The van der Waals surface area contributed by atoms with Crippen LogP contribution in [0.4, 0.5) is 4.39 Å². The molecule has 0 aromatic heterocycles. The third-order valence-corrected chi connectivity index (χ3v) is 4.16. The van der Waals surface area contributed by atoms with E-state index in [-0.39, 0.29) is 12.2 Å². The van der Waals surface area contributed by atoms with E-state index in [1.165, 1.54) is 6.07 Å². The number of aliphatic carboxylic acids is 1. The van der Waals surface area contributed by atoms with Crippen LogP contribution in [-0.2, 0) is 17.9 Å². The molecule has 4 nitrogen and oxygen atoms in total. The van der Waals surface area contributed by atoms with Crippen molar-refractivity contribution in [1.82, 2.24) is 4.90 Å². The Kier molecular flexibility index (Phi) is 7.80. The average molecular weight is 373 g/mol. The molecule has 0 radical (unpaired) electrons. The molecule has 0 amide bonds. The molecule has 0 spiro atoms. The van der Waals surface area contributed by atoms with Gasteiger partial charge >= 0.3 is 5.97 Å². The SMILES string of the molecule is Cc1cc(CN(CCC(=O)O)Cc2cccc(OCC(C)C)c2)ccc1F. The van der Waals surface area contributed by atoms with E-state index in [1.54, 1.807) is 13.0 Å². The van der Waals surface area contributed by atoms with E-state index in [1.807, 2.05) is 30.3 Å². The number of benzene rings is 2. The summed E-state index contributed by atoms with van der Waals surface area (Å²) in [6, 6.07) is 12.9. The number of rotatable bonds is 10. The molecule has 146 valence electrons. The largest absolute Gasteiger partial charge is 0.493 e. The van der Waals surface area contributed by atoms with Crippen molar-refractivity contribution in [2.75, 3.05) is 13.2 Å². The van der Waals surface area contributed by atoms with E-state index in [2.05, 4.69) is 18.7 Å². The number of halogens is 1. The minimum atomic E-state index is -0.829. The highest BCUT2D eigenvalue weighted by Crippen LogP contribution is 2.18. The molecule has 0 fully saturated rings. The third kappa shape index (κ3) is 7.39. The Morgan fingerprint density at radius 2 is 1.85 bits per heavy atom. The van der Waals surface area contributed by atoms with E-state index < -0.39 is 5.97 Å². The van der Waals surface area contributed by atoms with Gasteiger partial charge in [0.05, 0.1) is 13.0 Å². The topological polar surface area (TPSA) is 49.8 Å². The number of carboxylic acid groups (broad SMARTS) is 1. The van der Waals surface area contributed by atoms with Gasteiger partial charge in [0.1, 0.15) is 11.6 Å². The predicted molar refractivity (Wildman–Crippen MR) is 104 cm³/mol. The van der Waals surface area contributed by atoms with Gasteiger partial charge in [-0.2, -0.15) is 0 Å². The quantitative estimate of drug-likeness (QED) is 0.659. The molecule has 0 saturated heterocycles. The van der Waals surface area contributed by atoms with Gasteiger partial charge in [-0.3, -0.25) is 9.69 Å². The summed E-state index contributed by atoms with van der Waals surface area (Å²) in [4.78, 5) is 13.1. The van der Waals surface area contributed by atoms with Gasteiger partial charge in [-0.15, -0.1) is 0 Å². The van der Waals surface area contributed by atoms with E-state index in [0.717, 1.165) is 16.9 Å². The molecule has 2 aromatic rings. The number of aryl methyl sites for hydroxylation is 1. The molecule has 27 heavy (non-hydrogen) atoms. The lowest BCUT2D eigenvalue weighted by atomic mass is 10.1. The van der Waals surface area contributed by atoms with Crippen molar-refractivity contribution in [3.05, 3.63) is 65.0 Å². The molecule has 0 aliphatic carbocycles. The maximum atomic E-state index is 13.5. The maximum absolute atomic E-state index is 13.5. The Bertz CT molecular complexity index is 761. The number of ether oxygens (including phenoxy) is 1. The number of nitrogens with zero attached hydrogens (tertiary/aromatic N) is 1. The van der Waals surface area contributed by atoms with E-state index in [4.69, 9.17) is 9.84 Å². The average Bonchev–Trinajstić information content (AvgIpc) is 2.61. The van der Waals surface area contributed by atoms with Crippen LogP contribution in [0.2, 0.25) is 0 Å². The van der Waals surface area contributed by atoms with Gasteiger partial charge in [0, 0.05) is 19.6 Å². The fraction of sp³-hybridized carbons (Fsp3) is 0.409. The first-order valence-electron chi connectivity index (χ1n) is 9.24. The van der Waals surface area contributed by atoms with Crippen LogP contribution < -0.4 is 4.74 Å². The van der Waals surface area contributed by atoms with Crippen LogP contribution in [0.1, 0.15) is 37.0 Å². The predicted octanol–water partition coefficient (Wildman–Crippen LogP) is 4.65. The van der Waals surface area contributed by atoms with E-state index >= 15 is 0 Å². The number of carboxylic acids is 1. The molecule has 0 unspecified atom stereocenters. The van der Waals surface area contributed by atoms with Crippen LogP contribution in [0.3, 0.4) is 0 Å². The van der Waals surface area contributed by atoms with Crippen molar-refractivity contribution in [1.29, 1.82) is 0 Å². The van der Waals surface area contributed by atoms with Crippen molar-refractivity contribution >= 4 is 5.97 Å². The molecule has 0 heterocycles. The lowest BCUT2D eigenvalue weighted by Crippen LogP contribution is -2.25. The first-order chi connectivity index (χ1) is 12.8. The molecule has 0 bridgehead atoms. The summed E-state index contributed by atoms with van der Waals surface area (Å²) in [5, 5.41) is 9.04. The van der Waals surface area contributed by atoms with Gasteiger partial charge < -0.3 is 9.84 Å². The standard InChI is InChI=1S/C22H28FNO3/c1-16(2)15-27-20-6-4-5-18(12-20)13-24(10-9-22(25)26)14-19-7-8-21(23)17(3)11-19/h4-8,11-12,16H,9-10,13-15H2,1-3H3,(H,25,26). The van der Waals surface area contributed by atoms with Crippen LogP contribution in [0.5, 0.6) is 5.75 Å². The molecule has 0 saturated carbocycles. The number of hydrogen-bond donors (Lipinski definition) is 1. The highest BCUT2D eigenvalue weighted by atomic mass is 19.1. The number of hydrogen-bond acceptors (Lipinski definition) is 3. The highest BCUT2D eigenvalue weighted by molar-refractivity contribution is 5.66. The Hall–Kier alpha value is -2.40. The second kappa shape index (κ2) is 10.1. The minimum Gasteiger partial charge on any atom is -0.493 e. The number of carbonyl (C=O) groups is 1. The van der Waals surface area contributed by atoms with Crippen molar-refractivity contribution in [3.63, 3.8) is 0 Å². The zero-order valence-corrected chi connectivity index (χ0v) is 16.2. The molecule has 0 atom stereocenters. The Balaban J connectivity index is 2.10. The zero-order valence-electron chi connectivity index (χ0n) is 16.2. The summed E-state index contributed by atoms with van der Waals surface area (Å²) >= 11 is 0. The van der Waals surface area contributed by atoms with Gasteiger partial charge in [-0.1, -0.05) is 38.1 Å². The first kappa shape index (κ1) is 20.9. The fourth-order valence-corrected chi connectivity index (χ4v) is 2.79. The second-order valence-electron chi connectivity index (χ2n) is 7.29. The summed E-state index contributed by atoms with van der Waals surface area (Å²) in [5.74, 6) is 0.203. The molecule has 0 aliphatic heterocycles. The smallest absolute Gasteiger partial charge is 0.304 e. The molecule has 2 rings (SSSR count). The fourth-order valence-electron chi connectivity index (χ4n) is 2.79. The second-order valence-corrected chi connectivity index (χ2v) is 7.29. The Labute approximate surface area is 160 Å². The molecule has 2 aromatic carbocycles. The summed E-state index contributed by atoms with van der Waals surface area (Å²) in [7, 11) is 0. The Morgan fingerprint density at radius 3 is 2.48 bits per heavy atom. The minimum absolute atomic E-state index is 0.0592. The van der Waals surface area contributed by atoms with Crippen molar-refractivity contribution in [2.24, 2.45) is 5.92 Å². The van der Waals surface area contributed by atoms with Crippen LogP contribution in [0.15, 0.2) is 42.5 Å². The molecule has 0 aliphatic rings.